The summed E-state index contributed by atoms with van der Waals surface area (Å²) in [5.41, 5.74) is 14.0. The first-order chi connectivity index (χ1) is 29.0. The highest BCUT2D eigenvalue weighted by atomic mass is 15.2. The van der Waals surface area contributed by atoms with E-state index in [1.54, 1.807) is 0 Å². The summed E-state index contributed by atoms with van der Waals surface area (Å²) in [5, 5.41) is 13.2. The smallest absolute Gasteiger partial charge is 0.235 e. The van der Waals surface area contributed by atoms with Gasteiger partial charge < -0.3 is 4.40 Å². The number of hydrogen-bond donors (Lipinski definition) is 0. The Morgan fingerprint density at radius 1 is 0.424 bits per heavy atom. The second-order valence-corrected chi connectivity index (χ2v) is 16.9. The topological polar surface area (TPSA) is 35.1 Å². The SMILES string of the molecule is CC1(C)c2ccccc2-c2ccc(-c3nc(-n4c5cccc6c7cccc8c9ccccc9n(c78)c7c8ccccc8cc4c7c65)nc4c3ccc3ccccc34)cc21. The monoisotopic (exact) mass is 750 g/mol. The van der Waals surface area contributed by atoms with E-state index >= 15 is 0 Å². The van der Waals surface area contributed by atoms with E-state index < -0.39 is 0 Å². The van der Waals surface area contributed by atoms with Crippen molar-refractivity contribution in [2.45, 2.75) is 19.3 Å². The number of para-hydroxylation sites is 2. The van der Waals surface area contributed by atoms with Gasteiger partial charge in [-0.3, -0.25) is 4.57 Å². The van der Waals surface area contributed by atoms with Crippen LogP contribution in [0.4, 0.5) is 0 Å². The van der Waals surface area contributed by atoms with Gasteiger partial charge in [-0.15, -0.1) is 0 Å². The minimum Gasteiger partial charge on any atom is -0.307 e. The van der Waals surface area contributed by atoms with Gasteiger partial charge in [-0.25, -0.2) is 9.97 Å². The van der Waals surface area contributed by atoms with E-state index in [1.165, 1.54) is 81.9 Å². The average Bonchev–Trinajstić information content (AvgIpc) is 3.84. The molecule has 0 radical (unpaired) electrons. The fraction of sp³-hybridized carbons (Fsp3) is 0.0545. The van der Waals surface area contributed by atoms with E-state index in [9.17, 15) is 0 Å². The second kappa shape index (κ2) is 10.9. The van der Waals surface area contributed by atoms with Crippen molar-refractivity contribution in [1.82, 2.24) is 18.9 Å². The molecule has 0 fully saturated rings. The molecule has 0 saturated heterocycles. The van der Waals surface area contributed by atoms with Crippen LogP contribution in [0.3, 0.4) is 0 Å². The fourth-order valence-corrected chi connectivity index (χ4v) is 11.0. The Morgan fingerprint density at radius 2 is 1.10 bits per heavy atom. The molecule has 13 aromatic rings. The quantitative estimate of drug-likeness (QED) is 0.165. The van der Waals surface area contributed by atoms with Gasteiger partial charge in [-0.1, -0.05) is 153 Å². The Kier molecular flexibility index (Phi) is 5.81. The highest BCUT2D eigenvalue weighted by Crippen LogP contribution is 2.51. The summed E-state index contributed by atoms with van der Waals surface area (Å²) in [6.07, 6.45) is 0. The summed E-state index contributed by atoms with van der Waals surface area (Å²) in [7, 11) is 0. The first-order valence-corrected chi connectivity index (χ1v) is 20.5. The highest BCUT2D eigenvalue weighted by molar-refractivity contribution is 6.34. The van der Waals surface area contributed by atoms with Crippen LogP contribution < -0.4 is 0 Å². The molecule has 9 aromatic carbocycles. The van der Waals surface area contributed by atoms with Crippen LogP contribution in [0.1, 0.15) is 25.0 Å². The standard InChI is InChI=1S/C55H34N4/c1-55(2)43-22-9-7-17-36(43)37-27-26-33(29-44(37)55)50-42-28-25-31-13-3-5-15-34(31)51(42)57-54(56-50)58-46-24-12-19-39-41-21-11-20-40-38-18-8-10-23-45(38)59(52(40)41)53-35-16-6-4-14-32(35)30-47(58)49(53)48(39)46/h3-30H,1-2H3. The maximum absolute atomic E-state index is 5.69. The number of rotatable bonds is 2. The van der Waals surface area contributed by atoms with E-state index in [-0.39, 0.29) is 5.41 Å². The largest absolute Gasteiger partial charge is 0.307 e. The van der Waals surface area contributed by atoms with Crippen LogP contribution >= 0.6 is 0 Å². The third kappa shape index (κ3) is 3.89. The summed E-state index contributed by atoms with van der Waals surface area (Å²) in [4.78, 5) is 11.3. The first kappa shape index (κ1) is 31.5. The van der Waals surface area contributed by atoms with Gasteiger partial charge in [0.2, 0.25) is 5.95 Å². The Hall–Kier alpha value is -7.56. The summed E-state index contributed by atoms with van der Waals surface area (Å²) < 4.78 is 4.89. The van der Waals surface area contributed by atoms with Crippen LogP contribution in [0.5, 0.6) is 0 Å². The third-order valence-corrected chi connectivity index (χ3v) is 13.6. The number of hydrogen-bond acceptors (Lipinski definition) is 2. The molecule has 0 unspecified atom stereocenters. The Balaban J connectivity index is 1.17. The van der Waals surface area contributed by atoms with Gasteiger partial charge in [0.1, 0.15) is 0 Å². The molecule has 0 aliphatic heterocycles. The number of benzene rings is 9. The van der Waals surface area contributed by atoms with Crippen molar-refractivity contribution in [3.05, 3.63) is 181 Å². The van der Waals surface area contributed by atoms with Crippen molar-refractivity contribution in [1.29, 1.82) is 0 Å². The second-order valence-electron chi connectivity index (χ2n) is 16.9. The van der Waals surface area contributed by atoms with E-state index in [2.05, 4.69) is 193 Å². The Morgan fingerprint density at radius 3 is 2.00 bits per heavy atom. The Labute approximate surface area is 338 Å². The lowest BCUT2D eigenvalue weighted by atomic mass is 9.82. The molecular formula is C55H34N4. The van der Waals surface area contributed by atoms with E-state index in [0.29, 0.717) is 5.95 Å². The van der Waals surface area contributed by atoms with Crippen molar-refractivity contribution < 1.29 is 0 Å². The van der Waals surface area contributed by atoms with Crippen LogP contribution in [0.25, 0.3) is 121 Å². The molecule has 4 nitrogen and oxygen atoms in total. The molecule has 0 saturated carbocycles. The third-order valence-electron chi connectivity index (χ3n) is 13.6. The van der Waals surface area contributed by atoms with E-state index in [1.807, 2.05) is 0 Å². The molecule has 4 heteroatoms. The molecular weight excluding hydrogens is 717 g/mol. The first-order valence-electron chi connectivity index (χ1n) is 20.5. The zero-order chi connectivity index (χ0) is 38.7. The summed E-state index contributed by atoms with van der Waals surface area (Å²) in [6, 6.07) is 62.5. The molecule has 59 heavy (non-hydrogen) atoms. The molecule has 1 aliphatic rings. The van der Waals surface area contributed by atoms with Gasteiger partial charge >= 0.3 is 0 Å². The van der Waals surface area contributed by atoms with Crippen molar-refractivity contribution in [3.8, 4) is 28.3 Å². The molecule has 4 aromatic heterocycles. The number of fused-ring (bicyclic) bond motifs is 13. The van der Waals surface area contributed by atoms with Gasteiger partial charge in [0.25, 0.3) is 0 Å². The van der Waals surface area contributed by atoms with Gasteiger partial charge in [0.15, 0.2) is 0 Å². The number of nitrogens with zero attached hydrogens (tertiary/aromatic N) is 4. The van der Waals surface area contributed by atoms with Gasteiger partial charge in [-0.05, 0) is 68.7 Å². The highest BCUT2D eigenvalue weighted by Gasteiger charge is 2.35. The molecule has 0 N–H and O–H groups in total. The molecule has 0 atom stereocenters. The minimum atomic E-state index is -0.140. The zero-order valence-electron chi connectivity index (χ0n) is 32.5. The summed E-state index contributed by atoms with van der Waals surface area (Å²) in [6.45, 7) is 4.69. The maximum atomic E-state index is 5.69. The Bertz CT molecular complexity index is 3990. The van der Waals surface area contributed by atoms with Crippen LogP contribution in [0, 0.1) is 0 Å². The fourth-order valence-electron chi connectivity index (χ4n) is 11.0. The predicted molar refractivity (Wildman–Crippen MR) is 247 cm³/mol. The van der Waals surface area contributed by atoms with Gasteiger partial charge in [0.05, 0.1) is 38.8 Å². The van der Waals surface area contributed by atoms with Crippen LogP contribution in [0.15, 0.2) is 170 Å². The van der Waals surface area contributed by atoms with Crippen molar-refractivity contribution in [2.24, 2.45) is 0 Å². The van der Waals surface area contributed by atoms with Gasteiger partial charge in [-0.2, -0.15) is 0 Å². The predicted octanol–water partition coefficient (Wildman–Crippen LogP) is 14.2. The summed E-state index contributed by atoms with van der Waals surface area (Å²) >= 11 is 0. The van der Waals surface area contributed by atoms with Crippen LogP contribution in [-0.4, -0.2) is 18.9 Å². The molecule has 0 amide bonds. The molecule has 0 bridgehead atoms. The van der Waals surface area contributed by atoms with Crippen molar-refractivity contribution >= 4 is 92.3 Å². The normalized spacial score (nSPS) is 13.7. The minimum absolute atomic E-state index is 0.140. The summed E-state index contributed by atoms with van der Waals surface area (Å²) in [5.74, 6) is 0.668. The lowest BCUT2D eigenvalue weighted by molar-refractivity contribution is 0.660. The average molecular weight is 751 g/mol. The lowest BCUT2D eigenvalue weighted by Crippen LogP contribution is -2.15. The van der Waals surface area contributed by atoms with Crippen molar-refractivity contribution in [2.75, 3.05) is 0 Å². The lowest BCUT2D eigenvalue weighted by Gasteiger charge is -2.22. The van der Waals surface area contributed by atoms with E-state index in [4.69, 9.17) is 9.97 Å². The number of aromatic nitrogens is 4. The molecule has 0 spiro atoms. The van der Waals surface area contributed by atoms with Crippen LogP contribution in [-0.2, 0) is 5.41 Å². The maximum Gasteiger partial charge on any atom is 0.235 e. The van der Waals surface area contributed by atoms with Gasteiger partial charge in [0, 0.05) is 54.1 Å². The molecule has 14 rings (SSSR count). The van der Waals surface area contributed by atoms with E-state index in [0.717, 1.165) is 44.0 Å². The molecule has 4 heterocycles. The van der Waals surface area contributed by atoms with Crippen LogP contribution in [0.2, 0.25) is 0 Å². The zero-order valence-corrected chi connectivity index (χ0v) is 32.5. The molecule has 1 aliphatic carbocycles. The molecule has 274 valence electrons. The van der Waals surface area contributed by atoms with Crippen molar-refractivity contribution in [3.63, 3.8) is 0 Å².